The zero-order chi connectivity index (χ0) is 12.1. The Morgan fingerprint density at radius 1 is 1.39 bits per heavy atom. The van der Waals surface area contributed by atoms with Gasteiger partial charge in [-0.05, 0) is 43.9 Å². The molecule has 0 spiro atoms. The Morgan fingerprint density at radius 3 is 2.94 bits per heavy atom. The lowest BCUT2D eigenvalue weighted by Crippen LogP contribution is -2.25. The van der Waals surface area contributed by atoms with Crippen molar-refractivity contribution >= 4 is 17.2 Å². The maximum absolute atomic E-state index is 11.9. The van der Waals surface area contributed by atoms with Crippen molar-refractivity contribution < 1.29 is 4.79 Å². The molecule has 1 N–H and O–H groups in total. The summed E-state index contributed by atoms with van der Waals surface area (Å²) >= 11 is 1.69. The van der Waals surface area contributed by atoms with Gasteiger partial charge in [-0.2, -0.15) is 0 Å². The number of aromatic nitrogens is 1. The molecule has 3 fully saturated rings. The van der Waals surface area contributed by atoms with Gasteiger partial charge >= 0.3 is 0 Å². The second kappa shape index (κ2) is 4.05. The number of carbonyl (C=O) groups excluding carboxylic acids is 1. The van der Waals surface area contributed by atoms with Crippen molar-refractivity contribution in [3.63, 3.8) is 0 Å². The molecule has 4 rings (SSSR count). The van der Waals surface area contributed by atoms with Crippen LogP contribution in [-0.2, 0) is 11.3 Å². The van der Waals surface area contributed by atoms with Gasteiger partial charge in [0.15, 0.2) is 0 Å². The van der Waals surface area contributed by atoms with Gasteiger partial charge < -0.3 is 5.32 Å². The van der Waals surface area contributed by atoms with E-state index in [1.807, 2.05) is 0 Å². The van der Waals surface area contributed by atoms with E-state index in [1.165, 1.54) is 31.4 Å². The van der Waals surface area contributed by atoms with Gasteiger partial charge in [0.25, 0.3) is 0 Å². The van der Waals surface area contributed by atoms with Crippen molar-refractivity contribution in [2.75, 3.05) is 0 Å². The van der Waals surface area contributed by atoms with E-state index in [4.69, 9.17) is 0 Å². The molecule has 4 heteroatoms. The van der Waals surface area contributed by atoms with Crippen LogP contribution in [0.5, 0.6) is 0 Å². The van der Waals surface area contributed by atoms with Crippen LogP contribution in [0.2, 0.25) is 0 Å². The molecule has 1 amide bonds. The molecular formula is C14H18N2OS. The molecule has 96 valence electrons. The zero-order valence-electron chi connectivity index (χ0n) is 10.4. The molecule has 3 aliphatic carbocycles. The van der Waals surface area contributed by atoms with Gasteiger partial charge in [-0.15, -0.1) is 11.3 Å². The number of thiazole rings is 1. The van der Waals surface area contributed by atoms with Gasteiger partial charge in [-0.1, -0.05) is 0 Å². The minimum absolute atomic E-state index is 0.259. The maximum atomic E-state index is 11.9. The van der Waals surface area contributed by atoms with Crippen LogP contribution in [0.25, 0.3) is 0 Å². The van der Waals surface area contributed by atoms with Crippen molar-refractivity contribution in [3.8, 4) is 0 Å². The Hall–Kier alpha value is -0.900. The van der Waals surface area contributed by atoms with Gasteiger partial charge in [-0.25, -0.2) is 4.98 Å². The molecule has 2 atom stereocenters. The summed E-state index contributed by atoms with van der Waals surface area (Å²) in [6, 6.07) is 0. The monoisotopic (exact) mass is 262 g/mol. The number of nitrogens with zero attached hydrogens (tertiary/aromatic N) is 1. The number of carbonyl (C=O) groups is 1. The zero-order valence-corrected chi connectivity index (χ0v) is 11.2. The largest absolute Gasteiger partial charge is 0.349 e. The van der Waals surface area contributed by atoms with Gasteiger partial charge in [0.2, 0.25) is 5.91 Å². The second-order valence-electron chi connectivity index (χ2n) is 6.00. The predicted molar refractivity (Wildman–Crippen MR) is 70.3 cm³/mol. The Labute approximate surface area is 111 Å². The molecule has 0 unspecified atom stereocenters. The second-order valence-corrected chi connectivity index (χ2v) is 6.94. The SMILES string of the molecule is O=C(NCc1nc(C2CC2)cs1)[C@@H]1C[C@H]1C1CC1. The highest BCUT2D eigenvalue weighted by Gasteiger charge is 2.50. The van der Waals surface area contributed by atoms with Crippen LogP contribution in [0, 0.1) is 17.8 Å². The first-order valence-corrected chi connectivity index (χ1v) is 7.91. The third kappa shape index (κ3) is 2.18. The van der Waals surface area contributed by atoms with Crippen LogP contribution < -0.4 is 5.32 Å². The summed E-state index contributed by atoms with van der Waals surface area (Å²) in [6.07, 6.45) is 6.42. The van der Waals surface area contributed by atoms with E-state index in [9.17, 15) is 4.79 Å². The van der Waals surface area contributed by atoms with Gasteiger partial charge in [0.1, 0.15) is 5.01 Å². The molecular weight excluding hydrogens is 244 g/mol. The first-order valence-electron chi connectivity index (χ1n) is 7.03. The highest BCUT2D eigenvalue weighted by molar-refractivity contribution is 7.09. The van der Waals surface area contributed by atoms with Crippen molar-refractivity contribution in [3.05, 3.63) is 16.1 Å². The Bertz CT molecular complexity index is 476. The summed E-state index contributed by atoms with van der Waals surface area (Å²) < 4.78 is 0. The van der Waals surface area contributed by atoms with Crippen molar-refractivity contribution in [1.82, 2.24) is 10.3 Å². The highest BCUT2D eigenvalue weighted by Crippen LogP contribution is 2.54. The van der Waals surface area contributed by atoms with E-state index < -0.39 is 0 Å². The molecule has 0 bridgehead atoms. The molecule has 3 nitrogen and oxygen atoms in total. The Morgan fingerprint density at radius 2 is 2.22 bits per heavy atom. The normalized spacial score (nSPS) is 30.2. The lowest BCUT2D eigenvalue weighted by atomic mass is 10.2. The van der Waals surface area contributed by atoms with Crippen LogP contribution in [0.15, 0.2) is 5.38 Å². The fourth-order valence-corrected chi connectivity index (χ4v) is 3.64. The molecule has 1 aromatic rings. The van der Waals surface area contributed by atoms with Crippen LogP contribution in [0.1, 0.15) is 48.7 Å². The molecule has 0 aromatic carbocycles. The van der Waals surface area contributed by atoms with E-state index in [1.54, 1.807) is 11.3 Å². The Kier molecular flexibility index (Phi) is 2.47. The van der Waals surface area contributed by atoms with E-state index in [0.29, 0.717) is 24.3 Å². The molecule has 1 heterocycles. The standard InChI is InChI=1S/C14H18N2OS/c17-14(11-5-10(11)8-1-2-8)15-6-13-16-12(7-18-13)9-3-4-9/h7-11H,1-6H2,(H,15,17)/t10-,11+/m0/s1. The lowest BCUT2D eigenvalue weighted by Gasteiger charge is -2.01. The smallest absolute Gasteiger partial charge is 0.223 e. The molecule has 1 aromatic heterocycles. The first kappa shape index (κ1) is 11.0. The first-order chi connectivity index (χ1) is 8.81. The average molecular weight is 262 g/mol. The van der Waals surface area contributed by atoms with Crippen molar-refractivity contribution in [1.29, 1.82) is 0 Å². The molecule has 0 aliphatic heterocycles. The molecule has 3 aliphatic rings. The number of rotatable bonds is 5. The summed E-state index contributed by atoms with van der Waals surface area (Å²) in [7, 11) is 0. The van der Waals surface area contributed by atoms with Crippen LogP contribution in [0.4, 0.5) is 0 Å². The minimum Gasteiger partial charge on any atom is -0.349 e. The summed E-state index contributed by atoms with van der Waals surface area (Å²) in [5, 5.41) is 6.27. The van der Waals surface area contributed by atoms with Crippen molar-refractivity contribution in [2.45, 2.75) is 44.6 Å². The number of hydrogen-bond donors (Lipinski definition) is 1. The predicted octanol–water partition coefficient (Wildman–Crippen LogP) is 2.68. The summed E-state index contributed by atoms with van der Waals surface area (Å²) in [4.78, 5) is 16.5. The lowest BCUT2D eigenvalue weighted by molar-refractivity contribution is -0.122. The Balaban J connectivity index is 1.28. The van der Waals surface area contributed by atoms with E-state index in [2.05, 4.69) is 15.7 Å². The quantitative estimate of drug-likeness (QED) is 0.886. The number of hydrogen-bond acceptors (Lipinski definition) is 3. The molecule has 18 heavy (non-hydrogen) atoms. The van der Waals surface area contributed by atoms with E-state index >= 15 is 0 Å². The fraction of sp³-hybridized carbons (Fsp3) is 0.714. The topological polar surface area (TPSA) is 42.0 Å². The summed E-state index contributed by atoms with van der Waals surface area (Å²) in [6.45, 7) is 0.629. The van der Waals surface area contributed by atoms with E-state index in [0.717, 1.165) is 17.3 Å². The van der Waals surface area contributed by atoms with Crippen molar-refractivity contribution in [2.24, 2.45) is 17.8 Å². The third-order valence-corrected chi connectivity index (χ3v) is 5.25. The fourth-order valence-electron chi connectivity index (χ4n) is 2.83. The summed E-state index contributed by atoms with van der Waals surface area (Å²) in [5.41, 5.74) is 1.24. The van der Waals surface area contributed by atoms with Gasteiger partial charge in [-0.3, -0.25) is 4.79 Å². The van der Waals surface area contributed by atoms with E-state index in [-0.39, 0.29) is 5.91 Å². The molecule has 0 saturated heterocycles. The van der Waals surface area contributed by atoms with Gasteiger partial charge in [0, 0.05) is 17.2 Å². The average Bonchev–Trinajstić information content (AvgIpc) is 3.23. The van der Waals surface area contributed by atoms with Crippen LogP contribution >= 0.6 is 11.3 Å². The number of amides is 1. The third-order valence-electron chi connectivity index (χ3n) is 4.38. The minimum atomic E-state index is 0.259. The maximum Gasteiger partial charge on any atom is 0.223 e. The van der Waals surface area contributed by atoms with Gasteiger partial charge in [0.05, 0.1) is 12.2 Å². The van der Waals surface area contributed by atoms with Crippen LogP contribution in [-0.4, -0.2) is 10.9 Å². The summed E-state index contributed by atoms with van der Waals surface area (Å²) in [5.74, 6) is 2.88. The molecule has 3 saturated carbocycles. The molecule has 0 radical (unpaired) electrons. The number of nitrogens with one attached hydrogen (secondary N) is 1. The highest BCUT2D eigenvalue weighted by atomic mass is 32.1. The van der Waals surface area contributed by atoms with Crippen LogP contribution in [0.3, 0.4) is 0 Å².